The zero-order valence-electron chi connectivity index (χ0n) is 6.93. The highest BCUT2D eigenvalue weighted by atomic mass is 35.5. The van der Waals surface area contributed by atoms with Crippen LogP contribution in [-0.2, 0) is 0 Å². The van der Waals surface area contributed by atoms with Gasteiger partial charge in [0.1, 0.15) is 5.75 Å². The van der Waals surface area contributed by atoms with Crippen LogP contribution in [0, 0.1) is 6.92 Å². The average molecular weight is 208 g/mol. The van der Waals surface area contributed by atoms with E-state index in [1.165, 1.54) is 0 Å². The van der Waals surface area contributed by atoms with E-state index in [1.54, 1.807) is 19.2 Å². The first-order chi connectivity index (χ1) is 5.16. The van der Waals surface area contributed by atoms with Gasteiger partial charge < -0.3 is 10.5 Å². The third-order valence-corrected chi connectivity index (χ3v) is 1.98. The number of hydrogen-bond acceptors (Lipinski definition) is 2. The maximum Gasteiger partial charge on any atom is 0.146 e. The second-order valence-electron chi connectivity index (χ2n) is 2.29. The van der Waals surface area contributed by atoms with Gasteiger partial charge in [-0.15, -0.1) is 12.4 Å². The van der Waals surface area contributed by atoms with Crippen LogP contribution in [-0.4, -0.2) is 7.11 Å². The third-order valence-electron chi connectivity index (χ3n) is 1.57. The van der Waals surface area contributed by atoms with E-state index in [0.29, 0.717) is 16.5 Å². The highest BCUT2D eigenvalue weighted by Gasteiger charge is 2.05. The number of halogens is 2. The first-order valence-electron chi connectivity index (χ1n) is 3.25. The topological polar surface area (TPSA) is 35.2 Å². The van der Waals surface area contributed by atoms with Crippen LogP contribution in [0.1, 0.15) is 5.56 Å². The molecule has 0 aliphatic heterocycles. The number of nitrogens with two attached hydrogens (primary N) is 1. The Morgan fingerprint density at radius 1 is 1.42 bits per heavy atom. The van der Waals surface area contributed by atoms with Crippen molar-refractivity contribution >= 4 is 29.7 Å². The van der Waals surface area contributed by atoms with Crippen LogP contribution < -0.4 is 10.5 Å². The van der Waals surface area contributed by atoms with Gasteiger partial charge in [0.05, 0.1) is 12.8 Å². The minimum atomic E-state index is 0. The maximum absolute atomic E-state index is 5.83. The predicted octanol–water partition coefficient (Wildman–Crippen LogP) is 2.66. The highest BCUT2D eigenvalue weighted by Crippen LogP contribution is 2.30. The van der Waals surface area contributed by atoms with Crippen molar-refractivity contribution in [3.63, 3.8) is 0 Å². The van der Waals surface area contributed by atoms with Crippen molar-refractivity contribution in [2.75, 3.05) is 12.8 Å². The SMILES string of the molecule is COc1c(N)ccc(Cl)c1C.Cl. The largest absolute Gasteiger partial charge is 0.494 e. The second-order valence-corrected chi connectivity index (χ2v) is 2.70. The van der Waals surface area contributed by atoms with Crippen LogP contribution in [0.2, 0.25) is 5.02 Å². The van der Waals surface area contributed by atoms with E-state index in [-0.39, 0.29) is 12.4 Å². The smallest absolute Gasteiger partial charge is 0.146 e. The van der Waals surface area contributed by atoms with Crippen LogP contribution >= 0.6 is 24.0 Å². The van der Waals surface area contributed by atoms with Gasteiger partial charge in [-0.05, 0) is 19.1 Å². The lowest BCUT2D eigenvalue weighted by Crippen LogP contribution is -1.94. The standard InChI is InChI=1S/C8H10ClNO.ClH/c1-5-6(9)3-4-7(10)8(5)11-2;/h3-4H,10H2,1-2H3;1H. The number of benzene rings is 1. The van der Waals surface area contributed by atoms with Crippen molar-refractivity contribution < 1.29 is 4.74 Å². The van der Waals surface area contributed by atoms with Crippen molar-refractivity contribution in [1.82, 2.24) is 0 Å². The summed E-state index contributed by atoms with van der Waals surface area (Å²) in [6.45, 7) is 1.87. The fourth-order valence-electron chi connectivity index (χ4n) is 0.960. The minimum Gasteiger partial charge on any atom is -0.494 e. The molecule has 0 saturated carbocycles. The van der Waals surface area contributed by atoms with Crippen LogP contribution in [0.5, 0.6) is 5.75 Å². The lowest BCUT2D eigenvalue weighted by Gasteiger charge is -2.08. The molecular formula is C8H11Cl2NO. The van der Waals surface area contributed by atoms with Crippen LogP contribution in [0.15, 0.2) is 12.1 Å². The molecule has 1 rings (SSSR count). The molecule has 0 aromatic heterocycles. The number of ether oxygens (including phenoxy) is 1. The normalized spacial score (nSPS) is 8.92. The Morgan fingerprint density at radius 3 is 2.42 bits per heavy atom. The van der Waals surface area contributed by atoms with Gasteiger partial charge in [0, 0.05) is 10.6 Å². The summed E-state index contributed by atoms with van der Waals surface area (Å²) in [6, 6.07) is 3.49. The first-order valence-corrected chi connectivity index (χ1v) is 3.63. The molecule has 68 valence electrons. The van der Waals surface area contributed by atoms with Crippen molar-refractivity contribution in [3.8, 4) is 5.75 Å². The molecular weight excluding hydrogens is 197 g/mol. The zero-order chi connectivity index (χ0) is 8.43. The molecule has 0 fully saturated rings. The van der Waals surface area contributed by atoms with Crippen LogP contribution in [0.4, 0.5) is 5.69 Å². The first kappa shape index (κ1) is 11.4. The average Bonchev–Trinajstić information content (AvgIpc) is 1.99. The van der Waals surface area contributed by atoms with E-state index in [0.717, 1.165) is 5.56 Å². The fourth-order valence-corrected chi connectivity index (χ4v) is 1.11. The van der Waals surface area contributed by atoms with Gasteiger partial charge in [0.15, 0.2) is 0 Å². The lowest BCUT2D eigenvalue weighted by molar-refractivity contribution is 0.414. The summed E-state index contributed by atoms with van der Waals surface area (Å²) in [5, 5.41) is 0.677. The van der Waals surface area contributed by atoms with Gasteiger partial charge in [0.2, 0.25) is 0 Å². The Balaban J connectivity index is 0.00000121. The molecule has 0 heterocycles. The quantitative estimate of drug-likeness (QED) is 0.720. The van der Waals surface area contributed by atoms with Gasteiger partial charge in [0.25, 0.3) is 0 Å². The van der Waals surface area contributed by atoms with Crippen molar-refractivity contribution in [2.24, 2.45) is 0 Å². The number of hydrogen-bond donors (Lipinski definition) is 1. The molecule has 0 aliphatic rings. The molecule has 0 spiro atoms. The molecule has 4 heteroatoms. The number of anilines is 1. The molecule has 2 N–H and O–H groups in total. The second kappa shape index (κ2) is 4.43. The van der Waals surface area contributed by atoms with Gasteiger partial charge in [-0.1, -0.05) is 11.6 Å². The fraction of sp³-hybridized carbons (Fsp3) is 0.250. The summed E-state index contributed by atoms with van der Waals surface area (Å²) in [6.07, 6.45) is 0. The Labute approximate surface area is 83.1 Å². The number of rotatable bonds is 1. The Hall–Kier alpha value is -0.600. The molecule has 12 heavy (non-hydrogen) atoms. The van der Waals surface area contributed by atoms with Crippen molar-refractivity contribution in [3.05, 3.63) is 22.7 Å². The number of methoxy groups -OCH3 is 1. The van der Waals surface area contributed by atoms with E-state index in [4.69, 9.17) is 22.1 Å². The van der Waals surface area contributed by atoms with Gasteiger partial charge >= 0.3 is 0 Å². The summed E-state index contributed by atoms with van der Waals surface area (Å²) >= 11 is 5.83. The molecule has 0 aliphatic carbocycles. The molecule has 0 saturated heterocycles. The summed E-state index contributed by atoms with van der Waals surface area (Å²) < 4.78 is 5.05. The zero-order valence-corrected chi connectivity index (χ0v) is 8.50. The molecule has 1 aromatic rings. The third kappa shape index (κ3) is 1.96. The van der Waals surface area contributed by atoms with Crippen LogP contribution in [0.3, 0.4) is 0 Å². The van der Waals surface area contributed by atoms with Gasteiger partial charge in [-0.2, -0.15) is 0 Å². The Kier molecular flexibility index (Phi) is 4.21. The van der Waals surface area contributed by atoms with Crippen molar-refractivity contribution in [1.29, 1.82) is 0 Å². The highest BCUT2D eigenvalue weighted by molar-refractivity contribution is 6.31. The summed E-state index contributed by atoms with van der Waals surface area (Å²) in [5.74, 6) is 0.664. The van der Waals surface area contributed by atoms with E-state index in [1.807, 2.05) is 6.92 Å². The molecule has 1 aromatic carbocycles. The summed E-state index contributed by atoms with van der Waals surface area (Å²) in [4.78, 5) is 0. The molecule has 0 unspecified atom stereocenters. The summed E-state index contributed by atoms with van der Waals surface area (Å²) in [7, 11) is 1.58. The molecule has 0 radical (unpaired) electrons. The van der Waals surface area contributed by atoms with E-state index in [9.17, 15) is 0 Å². The Bertz CT molecular complexity index is 276. The lowest BCUT2D eigenvalue weighted by atomic mass is 10.2. The Morgan fingerprint density at radius 2 is 2.00 bits per heavy atom. The van der Waals surface area contributed by atoms with E-state index < -0.39 is 0 Å². The van der Waals surface area contributed by atoms with Gasteiger partial charge in [-0.3, -0.25) is 0 Å². The minimum absolute atomic E-state index is 0. The van der Waals surface area contributed by atoms with E-state index in [2.05, 4.69) is 0 Å². The monoisotopic (exact) mass is 207 g/mol. The van der Waals surface area contributed by atoms with Crippen LogP contribution in [0.25, 0.3) is 0 Å². The number of nitrogen functional groups attached to an aromatic ring is 1. The molecule has 0 atom stereocenters. The molecule has 0 bridgehead atoms. The van der Waals surface area contributed by atoms with Gasteiger partial charge in [-0.25, -0.2) is 0 Å². The van der Waals surface area contributed by atoms with Crippen molar-refractivity contribution in [2.45, 2.75) is 6.92 Å². The summed E-state index contributed by atoms with van der Waals surface area (Å²) in [5.41, 5.74) is 7.12. The molecule has 0 amide bonds. The predicted molar refractivity (Wildman–Crippen MR) is 54.4 cm³/mol. The molecule has 2 nitrogen and oxygen atoms in total. The maximum atomic E-state index is 5.83. The van der Waals surface area contributed by atoms with E-state index >= 15 is 0 Å².